The summed E-state index contributed by atoms with van der Waals surface area (Å²) in [5.41, 5.74) is 2.40. The summed E-state index contributed by atoms with van der Waals surface area (Å²) < 4.78 is 0. The Morgan fingerprint density at radius 1 is 1.12 bits per heavy atom. The number of carboxylic acid groups (broad SMARTS) is 1. The first-order valence-corrected chi connectivity index (χ1v) is 7.98. The van der Waals surface area contributed by atoms with Gasteiger partial charge in [-0.25, -0.2) is 4.79 Å². The summed E-state index contributed by atoms with van der Waals surface area (Å²) in [6, 6.07) is 17.6. The van der Waals surface area contributed by atoms with Gasteiger partial charge in [-0.2, -0.15) is 0 Å². The van der Waals surface area contributed by atoms with Gasteiger partial charge in [-0.1, -0.05) is 65.8 Å². The minimum Gasteiger partial charge on any atom is -0.480 e. The van der Waals surface area contributed by atoms with Gasteiger partial charge in [-0.3, -0.25) is 4.79 Å². The van der Waals surface area contributed by atoms with Gasteiger partial charge in [0.25, 0.3) is 5.91 Å². The molecule has 25 heavy (non-hydrogen) atoms. The Balaban J connectivity index is 1.60. The van der Waals surface area contributed by atoms with E-state index in [2.05, 4.69) is 10.5 Å². The van der Waals surface area contributed by atoms with Crippen LogP contribution in [0.3, 0.4) is 0 Å². The summed E-state index contributed by atoms with van der Waals surface area (Å²) >= 11 is 0. The highest BCUT2D eigenvalue weighted by molar-refractivity contribution is 6.04. The van der Waals surface area contributed by atoms with Crippen molar-refractivity contribution in [3.8, 4) is 0 Å². The lowest BCUT2D eigenvalue weighted by Gasteiger charge is -2.16. The standard InChI is InChI=1S/C19H18N2O4/c22-18(17-12-15(21-25-17)14-9-5-2-6-10-14)20-16(19(23)24)11-13-7-3-1-4-8-13/h1-10,16-17H,11-12H2,(H,20,22)(H,23,24)/t16-,17+/m0/s1. The number of hydrogen-bond acceptors (Lipinski definition) is 4. The molecule has 1 amide bonds. The van der Waals surface area contributed by atoms with Crippen LogP contribution in [0.2, 0.25) is 0 Å². The van der Waals surface area contributed by atoms with E-state index in [1.807, 2.05) is 60.7 Å². The van der Waals surface area contributed by atoms with Gasteiger partial charge in [0, 0.05) is 12.8 Å². The van der Waals surface area contributed by atoms with Crippen LogP contribution in [0.1, 0.15) is 17.5 Å². The zero-order chi connectivity index (χ0) is 17.6. The second kappa shape index (κ2) is 7.61. The van der Waals surface area contributed by atoms with Crippen molar-refractivity contribution in [1.29, 1.82) is 0 Å². The molecule has 6 heteroatoms. The SMILES string of the molecule is O=C(O)[C@H](Cc1ccccc1)NC(=O)[C@H]1CC(c2ccccc2)=NO1. The Labute approximate surface area is 145 Å². The third-order valence-corrected chi connectivity index (χ3v) is 3.97. The molecule has 0 saturated heterocycles. The van der Waals surface area contributed by atoms with Crippen LogP contribution >= 0.6 is 0 Å². The molecular formula is C19H18N2O4. The van der Waals surface area contributed by atoms with Crippen LogP contribution < -0.4 is 5.32 Å². The van der Waals surface area contributed by atoms with Gasteiger partial charge >= 0.3 is 5.97 Å². The first-order valence-electron chi connectivity index (χ1n) is 7.98. The van der Waals surface area contributed by atoms with Crippen LogP contribution in [0.25, 0.3) is 0 Å². The number of nitrogens with zero attached hydrogens (tertiary/aromatic N) is 1. The third kappa shape index (κ3) is 4.23. The van der Waals surface area contributed by atoms with E-state index >= 15 is 0 Å². The number of carbonyl (C=O) groups is 2. The number of carboxylic acids is 1. The van der Waals surface area contributed by atoms with E-state index in [1.165, 1.54) is 0 Å². The molecule has 0 aliphatic carbocycles. The number of aliphatic carboxylic acids is 1. The fraction of sp³-hybridized carbons (Fsp3) is 0.211. The molecule has 1 aliphatic rings. The van der Waals surface area contributed by atoms with E-state index in [9.17, 15) is 14.7 Å². The molecule has 0 bridgehead atoms. The summed E-state index contributed by atoms with van der Waals surface area (Å²) in [5.74, 6) is -1.56. The monoisotopic (exact) mass is 338 g/mol. The van der Waals surface area contributed by atoms with E-state index in [1.54, 1.807) is 0 Å². The largest absolute Gasteiger partial charge is 0.480 e. The smallest absolute Gasteiger partial charge is 0.326 e. The quantitative estimate of drug-likeness (QED) is 0.843. The highest BCUT2D eigenvalue weighted by Crippen LogP contribution is 2.17. The van der Waals surface area contributed by atoms with Crippen molar-refractivity contribution in [3.05, 3.63) is 71.8 Å². The molecule has 0 spiro atoms. The summed E-state index contributed by atoms with van der Waals surface area (Å²) in [7, 11) is 0. The normalized spacial score (nSPS) is 17.3. The van der Waals surface area contributed by atoms with Crippen molar-refractivity contribution in [2.24, 2.45) is 5.16 Å². The maximum atomic E-state index is 12.4. The van der Waals surface area contributed by atoms with E-state index < -0.39 is 24.0 Å². The third-order valence-electron chi connectivity index (χ3n) is 3.97. The van der Waals surface area contributed by atoms with Crippen molar-refractivity contribution in [2.45, 2.75) is 25.0 Å². The van der Waals surface area contributed by atoms with Crippen LogP contribution in [-0.4, -0.2) is 34.8 Å². The predicted octanol–water partition coefficient (Wildman–Crippen LogP) is 1.99. The van der Waals surface area contributed by atoms with Gasteiger partial charge in [0.1, 0.15) is 6.04 Å². The molecule has 0 fully saturated rings. The fourth-order valence-corrected chi connectivity index (χ4v) is 2.63. The maximum Gasteiger partial charge on any atom is 0.326 e. The average molecular weight is 338 g/mol. The molecule has 2 atom stereocenters. The Kier molecular flexibility index (Phi) is 5.09. The summed E-state index contributed by atoms with van der Waals surface area (Å²) in [4.78, 5) is 29.0. The highest BCUT2D eigenvalue weighted by Gasteiger charge is 2.31. The predicted molar refractivity (Wildman–Crippen MR) is 92.2 cm³/mol. The van der Waals surface area contributed by atoms with Crippen molar-refractivity contribution in [3.63, 3.8) is 0 Å². The van der Waals surface area contributed by atoms with Crippen LogP contribution in [-0.2, 0) is 20.8 Å². The lowest BCUT2D eigenvalue weighted by molar-refractivity contribution is -0.143. The second-order valence-electron chi connectivity index (χ2n) is 5.79. The Bertz CT molecular complexity index is 775. The molecule has 2 N–H and O–H groups in total. The topological polar surface area (TPSA) is 88.0 Å². The number of hydrogen-bond donors (Lipinski definition) is 2. The van der Waals surface area contributed by atoms with E-state index in [-0.39, 0.29) is 6.42 Å². The Hall–Kier alpha value is -3.15. The van der Waals surface area contributed by atoms with Gasteiger partial charge in [0.2, 0.25) is 6.10 Å². The van der Waals surface area contributed by atoms with Crippen LogP contribution in [0.4, 0.5) is 0 Å². The number of nitrogens with one attached hydrogen (secondary N) is 1. The Morgan fingerprint density at radius 3 is 2.40 bits per heavy atom. The van der Waals surface area contributed by atoms with Crippen molar-refractivity contribution in [2.75, 3.05) is 0 Å². The molecule has 2 aromatic carbocycles. The summed E-state index contributed by atoms with van der Waals surface area (Å²) in [6.07, 6.45) is -0.290. The highest BCUT2D eigenvalue weighted by atomic mass is 16.6. The van der Waals surface area contributed by atoms with Crippen LogP contribution in [0.15, 0.2) is 65.8 Å². The maximum absolute atomic E-state index is 12.4. The average Bonchev–Trinajstić information content (AvgIpc) is 3.13. The molecule has 3 rings (SSSR count). The second-order valence-corrected chi connectivity index (χ2v) is 5.79. The fourth-order valence-electron chi connectivity index (χ4n) is 2.63. The van der Waals surface area contributed by atoms with Crippen molar-refractivity contribution >= 4 is 17.6 Å². The van der Waals surface area contributed by atoms with Crippen LogP contribution in [0.5, 0.6) is 0 Å². The summed E-state index contributed by atoms with van der Waals surface area (Å²) in [5, 5.41) is 15.9. The van der Waals surface area contributed by atoms with Gasteiger partial charge in [0.05, 0.1) is 5.71 Å². The molecule has 0 aromatic heterocycles. The molecule has 128 valence electrons. The lowest BCUT2D eigenvalue weighted by atomic mass is 10.0. The molecule has 1 heterocycles. The molecule has 0 saturated carbocycles. The number of benzene rings is 2. The minimum absolute atomic E-state index is 0.209. The number of amides is 1. The van der Waals surface area contributed by atoms with E-state index in [4.69, 9.17) is 4.84 Å². The molecule has 0 unspecified atom stereocenters. The van der Waals surface area contributed by atoms with Gasteiger partial charge < -0.3 is 15.3 Å². The molecule has 1 aliphatic heterocycles. The zero-order valence-corrected chi connectivity index (χ0v) is 13.5. The van der Waals surface area contributed by atoms with Crippen molar-refractivity contribution in [1.82, 2.24) is 5.32 Å². The van der Waals surface area contributed by atoms with Crippen molar-refractivity contribution < 1.29 is 19.5 Å². The first-order chi connectivity index (χ1) is 12.1. The molecule has 6 nitrogen and oxygen atoms in total. The minimum atomic E-state index is -1.08. The molecular weight excluding hydrogens is 320 g/mol. The zero-order valence-electron chi connectivity index (χ0n) is 13.5. The summed E-state index contributed by atoms with van der Waals surface area (Å²) in [6.45, 7) is 0. The van der Waals surface area contributed by atoms with Gasteiger partial charge in [-0.15, -0.1) is 0 Å². The van der Waals surface area contributed by atoms with Crippen LogP contribution in [0, 0.1) is 0 Å². The van der Waals surface area contributed by atoms with Gasteiger partial charge in [-0.05, 0) is 11.1 Å². The molecule has 0 radical (unpaired) electrons. The Morgan fingerprint density at radius 2 is 1.76 bits per heavy atom. The first kappa shape index (κ1) is 16.7. The van der Waals surface area contributed by atoms with E-state index in [0.717, 1.165) is 11.1 Å². The van der Waals surface area contributed by atoms with Gasteiger partial charge in [0.15, 0.2) is 0 Å². The number of oxime groups is 1. The molecule has 2 aromatic rings. The lowest BCUT2D eigenvalue weighted by Crippen LogP contribution is -2.46. The number of carbonyl (C=O) groups excluding carboxylic acids is 1. The van der Waals surface area contributed by atoms with E-state index in [0.29, 0.717) is 12.1 Å². The number of rotatable bonds is 6.